The zero-order valence-corrected chi connectivity index (χ0v) is 12.3. The molecule has 0 bridgehead atoms. The van der Waals surface area contributed by atoms with Crippen molar-refractivity contribution in [3.63, 3.8) is 0 Å². The number of piperidine rings is 1. The highest BCUT2D eigenvalue weighted by Gasteiger charge is 2.48. The molecule has 0 aromatic heterocycles. The normalized spacial score (nSPS) is 20.0. The third kappa shape index (κ3) is 3.08. The van der Waals surface area contributed by atoms with E-state index < -0.39 is 11.6 Å². The van der Waals surface area contributed by atoms with E-state index in [2.05, 4.69) is 10.6 Å². The molecule has 0 saturated carbocycles. The maximum atomic E-state index is 12.8. The number of nitrogens with one attached hydrogen (secondary N) is 2. The molecule has 2 heterocycles. The molecule has 2 aliphatic heterocycles. The largest absolute Gasteiger partial charge is 0.339 e. The fourth-order valence-electron chi connectivity index (χ4n) is 2.84. The molecule has 2 aliphatic rings. The molecule has 1 aromatic rings. The summed E-state index contributed by atoms with van der Waals surface area (Å²) in [5, 5.41) is 4.89. The van der Waals surface area contributed by atoms with Gasteiger partial charge in [-0.15, -0.1) is 0 Å². The van der Waals surface area contributed by atoms with Crippen molar-refractivity contribution in [3.8, 4) is 0 Å². The van der Waals surface area contributed by atoms with Crippen molar-refractivity contribution in [2.75, 3.05) is 13.1 Å². The summed E-state index contributed by atoms with van der Waals surface area (Å²) in [5.74, 6) is -0.822. The number of benzene rings is 1. The number of carbonyl (C=O) groups excluding carboxylic acids is 3. The number of likely N-dealkylation sites (tertiary alicyclic amines) is 1. The van der Waals surface area contributed by atoms with Crippen LogP contribution in [-0.2, 0) is 9.59 Å². The Morgan fingerprint density at radius 1 is 1.17 bits per heavy atom. The first kappa shape index (κ1) is 15.2. The third-order valence-electron chi connectivity index (χ3n) is 4.23. The van der Waals surface area contributed by atoms with E-state index in [0.29, 0.717) is 25.9 Å². The topological polar surface area (TPSA) is 78.5 Å². The summed E-state index contributed by atoms with van der Waals surface area (Å²) < 4.78 is 12.8. The summed E-state index contributed by atoms with van der Waals surface area (Å²) >= 11 is 0. The number of halogens is 1. The highest BCUT2D eigenvalue weighted by Crippen LogP contribution is 2.25. The van der Waals surface area contributed by atoms with E-state index >= 15 is 0 Å². The summed E-state index contributed by atoms with van der Waals surface area (Å²) in [4.78, 5) is 36.9. The van der Waals surface area contributed by atoms with Crippen molar-refractivity contribution in [2.24, 2.45) is 0 Å². The quantitative estimate of drug-likeness (QED) is 0.632. The Labute approximate surface area is 132 Å². The maximum Gasteiger partial charge on any atom is 0.322 e. The monoisotopic (exact) mass is 317 g/mol. The number of nitrogens with zero attached hydrogens (tertiary/aromatic N) is 1. The van der Waals surface area contributed by atoms with Gasteiger partial charge in [-0.1, -0.05) is 12.1 Å². The number of rotatable bonds is 2. The van der Waals surface area contributed by atoms with Gasteiger partial charge in [-0.05, 0) is 36.6 Å². The van der Waals surface area contributed by atoms with Crippen LogP contribution in [0.15, 0.2) is 30.3 Å². The summed E-state index contributed by atoms with van der Waals surface area (Å²) in [5.41, 5.74) is -0.148. The van der Waals surface area contributed by atoms with Gasteiger partial charge in [-0.25, -0.2) is 9.18 Å². The highest BCUT2D eigenvalue weighted by molar-refractivity contribution is 6.07. The molecule has 2 saturated heterocycles. The van der Waals surface area contributed by atoms with Gasteiger partial charge in [0.25, 0.3) is 5.91 Å². The Morgan fingerprint density at radius 2 is 1.83 bits per heavy atom. The van der Waals surface area contributed by atoms with Crippen molar-refractivity contribution < 1.29 is 18.8 Å². The first-order chi connectivity index (χ1) is 11.0. The van der Waals surface area contributed by atoms with Gasteiger partial charge in [-0.2, -0.15) is 0 Å². The van der Waals surface area contributed by atoms with Gasteiger partial charge in [0.15, 0.2) is 0 Å². The summed E-state index contributed by atoms with van der Waals surface area (Å²) in [7, 11) is 0. The van der Waals surface area contributed by atoms with Gasteiger partial charge >= 0.3 is 6.03 Å². The average Bonchev–Trinajstić information content (AvgIpc) is 2.81. The molecule has 1 spiro atoms. The van der Waals surface area contributed by atoms with Crippen LogP contribution in [0.5, 0.6) is 0 Å². The van der Waals surface area contributed by atoms with E-state index in [1.165, 1.54) is 18.2 Å². The molecule has 2 N–H and O–H groups in total. The van der Waals surface area contributed by atoms with Crippen LogP contribution in [-0.4, -0.2) is 41.4 Å². The van der Waals surface area contributed by atoms with Crippen LogP contribution in [0.3, 0.4) is 0 Å². The second kappa shape index (κ2) is 5.83. The van der Waals surface area contributed by atoms with Gasteiger partial charge in [-0.3, -0.25) is 14.9 Å². The molecular formula is C16H16FN3O3. The average molecular weight is 317 g/mol. The van der Waals surface area contributed by atoms with E-state index in [0.717, 1.165) is 5.56 Å². The lowest BCUT2D eigenvalue weighted by molar-refractivity contribution is -0.132. The number of hydrogen-bond acceptors (Lipinski definition) is 3. The van der Waals surface area contributed by atoms with Gasteiger partial charge < -0.3 is 10.2 Å². The van der Waals surface area contributed by atoms with Crippen molar-refractivity contribution in [2.45, 2.75) is 18.4 Å². The van der Waals surface area contributed by atoms with E-state index in [-0.39, 0.29) is 17.6 Å². The molecule has 0 atom stereocenters. The third-order valence-corrected chi connectivity index (χ3v) is 4.23. The number of urea groups is 1. The molecule has 2 fully saturated rings. The Hall–Kier alpha value is -2.70. The Balaban J connectivity index is 1.59. The number of hydrogen-bond donors (Lipinski definition) is 2. The van der Waals surface area contributed by atoms with Crippen LogP contribution in [0.1, 0.15) is 18.4 Å². The first-order valence-corrected chi connectivity index (χ1v) is 7.35. The van der Waals surface area contributed by atoms with E-state index in [4.69, 9.17) is 0 Å². The smallest absolute Gasteiger partial charge is 0.322 e. The van der Waals surface area contributed by atoms with Gasteiger partial charge in [0.1, 0.15) is 11.4 Å². The lowest BCUT2D eigenvalue weighted by Gasteiger charge is -2.36. The molecule has 23 heavy (non-hydrogen) atoms. The predicted octanol–water partition coefficient (Wildman–Crippen LogP) is 1.04. The van der Waals surface area contributed by atoms with E-state index in [9.17, 15) is 18.8 Å². The van der Waals surface area contributed by atoms with Crippen LogP contribution >= 0.6 is 0 Å². The van der Waals surface area contributed by atoms with Crippen LogP contribution in [0.25, 0.3) is 6.08 Å². The highest BCUT2D eigenvalue weighted by atomic mass is 19.1. The van der Waals surface area contributed by atoms with E-state index in [1.54, 1.807) is 23.1 Å². The van der Waals surface area contributed by atoms with Crippen LogP contribution in [0.4, 0.5) is 9.18 Å². The van der Waals surface area contributed by atoms with Crippen molar-refractivity contribution in [1.82, 2.24) is 15.5 Å². The number of imide groups is 1. The Bertz CT molecular complexity index is 676. The lowest BCUT2D eigenvalue weighted by atomic mass is 9.87. The maximum absolute atomic E-state index is 12.8. The Morgan fingerprint density at radius 3 is 2.39 bits per heavy atom. The Kier molecular flexibility index (Phi) is 3.85. The summed E-state index contributed by atoms with van der Waals surface area (Å²) in [6, 6.07) is 5.35. The van der Waals surface area contributed by atoms with Crippen molar-refractivity contribution >= 4 is 23.9 Å². The van der Waals surface area contributed by atoms with Crippen molar-refractivity contribution in [1.29, 1.82) is 0 Å². The SMILES string of the molecule is O=C1NC(=O)C2(CCN(C(=O)/C=C/c3ccc(F)cc3)CC2)N1. The minimum atomic E-state index is -0.880. The van der Waals surface area contributed by atoms with Crippen LogP contribution < -0.4 is 10.6 Å². The molecule has 0 radical (unpaired) electrons. The second-order valence-corrected chi connectivity index (χ2v) is 5.70. The minimum Gasteiger partial charge on any atom is -0.339 e. The molecule has 3 rings (SSSR count). The molecule has 7 heteroatoms. The zero-order chi connectivity index (χ0) is 16.4. The van der Waals surface area contributed by atoms with E-state index in [1.807, 2.05) is 0 Å². The first-order valence-electron chi connectivity index (χ1n) is 7.35. The number of carbonyl (C=O) groups is 3. The minimum absolute atomic E-state index is 0.172. The molecule has 4 amide bonds. The summed E-state index contributed by atoms with van der Waals surface area (Å²) in [6.07, 6.45) is 3.83. The fraction of sp³-hybridized carbons (Fsp3) is 0.312. The van der Waals surface area contributed by atoms with Gasteiger partial charge in [0.2, 0.25) is 5.91 Å². The molecule has 6 nitrogen and oxygen atoms in total. The molecule has 0 aliphatic carbocycles. The lowest BCUT2D eigenvalue weighted by Crippen LogP contribution is -2.55. The fourth-order valence-corrected chi connectivity index (χ4v) is 2.84. The zero-order valence-electron chi connectivity index (χ0n) is 12.3. The standard InChI is InChI=1S/C16H16FN3O3/c17-12-4-1-11(2-5-12)3-6-13(21)20-9-7-16(8-10-20)14(22)18-15(23)19-16/h1-6H,7-10H2,(H2,18,19,22,23)/b6-3+. The summed E-state index contributed by atoms with van der Waals surface area (Å²) in [6.45, 7) is 0.778. The number of amides is 4. The van der Waals surface area contributed by atoms with Crippen LogP contribution in [0, 0.1) is 5.82 Å². The van der Waals surface area contributed by atoms with Crippen LogP contribution in [0.2, 0.25) is 0 Å². The molecule has 1 aromatic carbocycles. The molecule has 0 unspecified atom stereocenters. The van der Waals surface area contributed by atoms with Crippen molar-refractivity contribution in [3.05, 3.63) is 41.7 Å². The molecule has 120 valence electrons. The molecular weight excluding hydrogens is 301 g/mol. The van der Waals surface area contributed by atoms with Gasteiger partial charge in [0, 0.05) is 19.2 Å². The van der Waals surface area contributed by atoms with Gasteiger partial charge in [0.05, 0.1) is 0 Å². The predicted molar refractivity (Wildman–Crippen MR) is 80.7 cm³/mol. The second-order valence-electron chi connectivity index (χ2n) is 5.70.